The normalized spacial score (nSPS) is 21.9. The molecule has 36 heavy (non-hydrogen) atoms. The van der Waals surface area contributed by atoms with Crippen molar-refractivity contribution < 1.29 is 18.0 Å². The fraction of sp³-hybridized carbons (Fsp3) is 0.654. The Balaban J connectivity index is 1.70. The van der Waals surface area contributed by atoms with Gasteiger partial charge in [-0.3, -0.25) is 9.59 Å². The molecule has 8 nitrogen and oxygen atoms in total. The zero-order valence-electron chi connectivity index (χ0n) is 21.5. The summed E-state index contributed by atoms with van der Waals surface area (Å²) in [5.74, 6) is -0.857. The molecule has 1 aromatic rings. The largest absolute Gasteiger partial charge is 0.343 e. The van der Waals surface area contributed by atoms with E-state index in [0.717, 1.165) is 30.8 Å². The lowest BCUT2D eigenvalue weighted by Gasteiger charge is -2.36. The summed E-state index contributed by atoms with van der Waals surface area (Å²) in [5, 5.41) is 14.3. The molecular formula is C26H38N4O4S2. The molecule has 2 N–H and O–H groups in total. The monoisotopic (exact) mass is 534 g/mol. The second kappa shape index (κ2) is 12.4. The molecule has 198 valence electrons. The molecule has 0 bridgehead atoms. The third-order valence-corrected chi connectivity index (χ3v) is 10.4. The van der Waals surface area contributed by atoms with Crippen LogP contribution in [0.4, 0.5) is 0 Å². The van der Waals surface area contributed by atoms with Crippen LogP contribution in [0.2, 0.25) is 0 Å². The summed E-state index contributed by atoms with van der Waals surface area (Å²) >= 11 is 1.48. The van der Waals surface area contributed by atoms with Gasteiger partial charge in [-0.15, -0.1) is 11.8 Å². The Morgan fingerprint density at radius 1 is 1.17 bits per heavy atom. The number of sulfone groups is 1. The third-order valence-electron chi connectivity index (χ3n) is 6.90. The van der Waals surface area contributed by atoms with Crippen molar-refractivity contribution in [1.29, 1.82) is 5.26 Å². The van der Waals surface area contributed by atoms with Crippen molar-refractivity contribution in [3.05, 3.63) is 24.3 Å². The van der Waals surface area contributed by atoms with Crippen LogP contribution in [0.3, 0.4) is 0 Å². The fourth-order valence-corrected chi connectivity index (χ4v) is 7.77. The highest BCUT2D eigenvalue weighted by Gasteiger charge is 2.36. The lowest BCUT2D eigenvalue weighted by Crippen LogP contribution is -2.51. The van der Waals surface area contributed by atoms with Gasteiger partial charge >= 0.3 is 0 Å². The van der Waals surface area contributed by atoms with Crippen LogP contribution < -0.4 is 10.6 Å². The van der Waals surface area contributed by atoms with Crippen molar-refractivity contribution in [3.8, 4) is 6.07 Å². The van der Waals surface area contributed by atoms with Gasteiger partial charge in [-0.2, -0.15) is 5.26 Å². The summed E-state index contributed by atoms with van der Waals surface area (Å²) in [6.45, 7) is 9.06. The molecule has 10 heteroatoms. The van der Waals surface area contributed by atoms with Crippen molar-refractivity contribution >= 4 is 33.4 Å². The number of amides is 2. The van der Waals surface area contributed by atoms with E-state index in [4.69, 9.17) is 5.26 Å². The van der Waals surface area contributed by atoms with E-state index in [2.05, 4.69) is 31.4 Å². The Morgan fingerprint density at radius 3 is 2.42 bits per heavy atom. The van der Waals surface area contributed by atoms with Crippen LogP contribution in [0.15, 0.2) is 34.1 Å². The molecule has 1 saturated heterocycles. The van der Waals surface area contributed by atoms with E-state index in [1.807, 2.05) is 11.0 Å². The molecule has 0 radical (unpaired) electrons. The lowest BCUT2D eigenvalue weighted by atomic mass is 9.80. The standard InChI is InChI=1S/C26H38N4O4S2/c1-26(2,3)23(25(32)30-16-14-28-15-17-30)35-20-8-10-21(11-9-20)36(33,34)18-19-6-4-5-7-22(19)24(31)29-13-12-27/h8-11,19,22-23,28H,4-7,13-18H2,1-3H3,(H,29,31)/t19-,22+,23?/m1/s1. The van der Waals surface area contributed by atoms with Gasteiger partial charge in [0, 0.05) is 37.0 Å². The fourth-order valence-electron chi connectivity index (χ4n) is 4.90. The lowest BCUT2D eigenvalue weighted by molar-refractivity contribution is -0.133. The smallest absolute Gasteiger partial charge is 0.236 e. The maximum atomic E-state index is 13.3. The topological polar surface area (TPSA) is 119 Å². The third kappa shape index (κ3) is 7.46. The van der Waals surface area contributed by atoms with Gasteiger partial charge in [-0.05, 0) is 48.4 Å². The summed E-state index contributed by atoms with van der Waals surface area (Å²) in [4.78, 5) is 28.8. The number of benzene rings is 1. The second-order valence-electron chi connectivity index (χ2n) is 10.7. The van der Waals surface area contributed by atoms with E-state index in [1.165, 1.54) is 11.8 Å². The molecule has 1 aliphatic heterocycles. The molecule has 1 heterocycles. The second-order valence-corrected chi connectivity index (χ2v) is 13.9. The summed E-state index contributed by atoms with van der Waals surface area (Å²) < 4.78 is 26.5. The number of carbonyl (C=O) groups excluding carboxylic acids is 2. The quantitative estimate of drug-likeness (QED) is 0.389. The van der Waals surface area contributed by atoms with Gasteiger partial charge in [0.25, 0.3) is 0 Å². The van der Waals surface area contributed by atoms with Crippen molar-refractivity contribution in [3.63, 3.8) is 0 Å². The van der Waals surface area contributed by atoms with Gasteiger partial charge in [0.05, 0.1) is 22.0 Å². The minimum Gasteiger partial charge on any atom is -0.343 e. The Bertz CT molecular complexity index is 1050. The van der Waals surface area contributed by atoms with Crippen LogP contribution in [-0.2, 0) is 19.4 Å². The minimum absolute atomic E-state index is 0.0688. The van der Waals surface area contributed by atoms with Crippen molar-refractivity contribution in [2.24, 2.45) is 17.3 Å². The molecule has 1 unspecified atom stereocenters. The Hall–Kier alpha value is -2.09. The van der Waals surface area contributed by atoms with Crippen LogP contribution in [0.25, 0.3) is 0 Å². The maximum absolute atomic E-state index is 13.3. The first-order chi connectivity index (χ1) is 17.0. The molecule has 3 rings (SSSR count). The van der Waals surface area contributed by atoms with Gasteiger partial charge in [0.15, 0.2) is 9.84 Å². The Labute approximate surface area is 219 Å². The van der Waals surface area contributed by atoms with Crippen LogP contribution in [-0.4, -0.2) is 68.9 Å². The van der Waals surface area contributed by atoms with E-state index in [9.17, 15) is 18.0 Å². The number of nitriles is 1. The Kier molecular flexibility index (Phi) is 9.84. The number of rotatable bonds is 8. The number of thioether (sulfide) groups is 1. The van der Waals surface area contributed by atoms with Gasteiger partial charge in [0.1, 0.15) is 6.54 Å². The molecule has 2 amide bonds. The predicted molar refractivity (Wildman–Crippen MR) is 141 cm³/mol. The average molecular weight is 535 g/mol. The van der Waals surface area contributed by atoms with Gasteiger partial charge in [0.2, 0.25) is 11.8 Å². The van der Waals surface area contributed by atoms with Crippen LogP contribution in [0.1, 0.15) is 46.5 Å². The van der Waals surface area contributed by atoms with E-state index < -0.39 is 9.84 Å². The van der Waals surface area contributed by atoms with E-state index in [0.29, 0.717) is 25.9 Å². The van der Waals surface area contributed by atoms with Crippen LogP contribution in [0.5, 0.6) is 0 Å². The van der Waals surface area contributed by atoms with Gasteiger partial charge in [-0.25, -0.2) is 8.42 Å². The number of nitrogens with zero attached hydrogens (tertiary/aromatic N) is 2. The first kappa shape index (κ1) is 28.5. The van der Waals surface area contributed by atoms with E-state index in [1.54, 1.807) is 24.3 Å². The van der Waals surface area contributed by atoms with Gasteiger partial charge in [-0.1, -0.05) is 33.6 Å². The Morgan fingerprint density at radius 2 is 1.81 bits per heavy atom. The first-order valence-electron chi connectivity index (χ1n) is 12.7. The van der Waals surface area contributed by atoms with Crippen molar-refractivity contribution in [1.82, 2.24) is 15.5 Å². The zero-order chi connectivity index (χ0) is 26.3. The summed E-state index contributed by atoms with van der Waals surface area (Å²) in [7, 11) is -3.59. The number of hydrogen-bond donors (Lipinski definition) is 2. The SMILES string of the molecule is CC(C)(C)C(Sc1ccc(S(=O)(=O)C[C@H]2CCCC[C@@H]2C(=O)NCC#N)cc1)C(=O)N1CCNCC1. The number of nitrogens with one attached hydrogen (secondary N) is 2. The number of piperazine rings is 1. The highest BCUT2D eigenvalue weighted by atomic mass is 32.2. The average Bonchev–Trinajstić information content (AvgIpc) is 2.85. The minimum atomic E-state index is -3.59. The summed E-state index contributed by atoms with van der Waals surface area (Å²) in [5.41, 5.74) is -0.264. The highest BCUT2D eigenvalue weighted by molar-refractivity contribution is 8.00. The maximum Gasteiger partial charge on any atom is 0.236 e. The number of carbonyl (C=O) groups is 2. The molecule has 0 spiro atoms. The predicted octanol–water partition coefficient (Wildman–Crippen LogP) is 2.85. The van der Waals surface area contributed by atoms with Crippen molar-refractivity contribution in [2.75, 3.05) is 38.5 Å². The molecule has 1 aromatic carbocycles. The van der Waals surface area contributed by atoms with Gasteiger partial charge < -0.3 is 15.5 Å². The molecule has 0 aromatic heterocycles. The van der Waals surface area contributed by atoms with E-state index >= 15 is 0 Å². The van der Waals surface area contributed by atoms with Crippen LogP contribution >= 0.6 is 11.8 Å². The highest BCUT2D eigenvalue weighted by Crippen LogP contribution is 2.38. The molecule has 2 fully saturated rings. The molecule has 3 atom stereocenters. The first-order valence-corrected chi connectivity index (χ1v) is 15.2. The number of hydrogen-bond acceptors (Lipinski definition) is 7. The molecular weight excluding hydrogens is 496 g/mol. The zero-order valence-corrected chi connectivity index (χ0v) is 23.1. The van der Waals surface area contributed by atoms with Crippen molar-refractivity contribution in [2.45, 2.75) is 61.5 Å². The summed E-state index contributed by atoms with van der Waals surface area (Å²) in [6, 6.07) is 8.68. The van der Waals surface area contributed by atoms with E-state index in [-0.39, 0.29) is 51.5 Å². The van der Waals surface area contributed by atoms with Crippen LogP contribution in [0, 0.1) is 28.6 Å². The molecule has 1 saturated carbocycles. The molecule has 1 aliphatic carbocycles. The summed E-state index contributed by atoms with van der Waals surface area (Å²) in [6.07, 6.45) is 3.10. The molecule has 2 aliphatic rings.